The van der Waals surface area contributed by atoms with Crippen molar-refractivity contribution in [1.82, 2.24) is 0 Å². The second kappa shape index (κ2) is 9.50. The summed E-state index contributed by atoms with van der Waals surface area (Å²) in [6, 6.07) is 5.60. The molecular weight excluding hydrogens is 357 g/mol. The van der Waals surface area contributed by atoms with E-state index in [4.69, 9.17) is 0 Å². The van der Waals surface area contributed by atoms with Gasteiger partial charge in [0, 0.05) is 0 Å². The van der Waals surface area contributed by atoms with Gasteiger partial charge < -0.3 is 0 Å². The molecule has 0 heterocycles. The summed E-state index contributed by atoms with van der Waals surface area (Å²) in [6.07, 6.45) is 11.6. The number of hydrogen-bond acceptors (Lipinski definition) is 0. The van der Waals surface area contributed by atoms with E-state index < -0.39 is 11.7 Å². The first-order valence-corrected chi connectivity index (χ1v) is 11.2. The number of rotatable bonds is 5. The van der Waals surface area contributed by atoms with E-state index in [-0.39, 0.29) is 0 Å². The molecule has 0 bridgehead atoms. The molecule has 0 radical (unpaired) electrons. The maximum atomic E-state index is 12.7. The first-order chi connectivity index (χ1) is 13.4. The summed E-state index contributed by atoms with van der Waals surface area (Å²) in [7, 11) is 0. The Morgan fingerprint density at radius 2 is 1.43 bits per heavy atom. The van der Waals surface area contributed by atoms with Gasteiger partial charge in [-0.05, 0) is 92.4 Å². The summed E-state index contributed by atoms with van der Waals surface area (Å²) < 4.78 is 38.2. The molecule has 0 amide bonds. The number of alkyl halides is 3. The molecule has 2 fully saturated rings. The van der Waals surface area contributed by atoms with Crippen LogP contribution in [0.25, 0.3) is 5.57 Å². The number of hydrogen-bond donors (Lipinski definition) is 0. The van der Waals surface area contributed by atoms with E-state index in [2.05, 4.69) is 13.0 Å². The first-order valence-electron chi connectivity index (χ1n) is 11.2. The number of allylic oxidation sites excluding steroid dienone is 2. The lowest BCUT2D eigenvalue weighted by atomic mass is 9.68. The number of benzene rings is 1. The molecule has 0 atom stereocenters. The van der Waals surface area contributed by atoms with Gasteiger partial charge in [0.15, 0.2) is 0 Å². The van der Waals surface area contributed by atoms with Crippen LogP contribution in [0.1, 0.15) is 89.2 Å². The lowest BCUT2D eigenvalue weighted by Gasteiger charge is -2.37. The van der Waals surface area contributed by atoms with Crippen LogP contribution in [-0.2, 0) is 6.18 Å². The molecule has 0 saturated heterocycles. The minimum absolute atomic E-state index is 0.571. The van der Waals surface area contributed by atoms with Crippen LogP contribution >= 0.6 is 0 Å². The summed E-state index contributed by atoms with van der Waals surface area (Å²) in [5, 5.41) is 0. The zero-order chi connectivity index (χ0) is 20.1. The van der Waals surface area contributed by atoms with Crippen molar-refractivity contribution in [3.8, 4) is 0 Å². The van der Waals surface area contributed by atoms with Crippen LogP contribution in [0.5, 0.6) is 0 Å². The Labute approximate surface area is 168 Å². The van der Waals surface area contributed by atoms with E-state index in [0.717, 1.165) is 28.9 Å². The maximum absolute atomic E-state index is 12.7. The van der Waals surface area contributed by atoms with Crippen LogP contribution < -0.4 is 0 Å². The summed E-state index contributed by atoms with van der Waals surface area (Å²) >= 11 is 0. The predicted octanol–water partition coefficient (Wildman–Crippen LogP) is 8.52. The standard InChI is InChI=1S/C25H35F3/c1-3-4-19-5-9-22(10-6-19)23-11-7-20(8-12-23)17-18(2)21-13-15-24(16-14-21)25(26,27)28/h13-17,19-20,22-23H,3-12H2,1-2H3/b18-17+. The topological polar surface area (TPSA) is 0 Å². The molecule has 0 spiro atoms. The number of halogens is 3. The molecule has 156 valence electrons. The monoisotopic (exact) mass is 392 g/mol. The van der Waals surface area contributed by atoms with Gasteiger partial charge in [-0.1, -0.05) is 50.8 Å². The highest BCUT2D eigenvalue weighted by Gasteiger charge is 2.31. The van der Waals surface area contributed by atoms with Gasteiger partial charge in [0.2, 0.25) is 0 Å². The highest BCUT2D eigenvalue weighted by molar-refractivity contribution is 5.64. The van der Waals surface area contributed by atoms with Crippen LogP contribution in [0.4, 0.5) is 13.2 Å². The van der Waals surface area contributed by atoms with Crippen LogP contribution in [0.2, 0.25) is 0 Å². The van der Waals surface area contributed by atoms with E-state index >= 15 is 0 Å². The van der Waals surface area contributed by atoms with Crippen LogP contribution in [-0.4, -0.2) is 0 Å². The highest BCUT2D eigenvalue weighted by Crippen LogP contribution is 2.43. The van der Waals surface area contributed by atoms with Crippen LogP contribution in [0.3, 0.4) is 0 Å². The van der Waals surface area contributed by atoms with E-state index in [9.17, 15) is 13.2 Å². The summed E-state index contributed by atoms with van der Waals surface area (Å²) in [5.74, 6) is 3.40. The summed E-state index contributed by atoms with van der Waals surface area (Å²) in [6.45, 7) is 4.33. The predicted molar refractivity (Wildman–Crippen MR) is 111 cm³/mol. The molecule has 0 aliphatic heterocycles. The van der Waals surface area contributed by atoms with Crippen molar-refractivity contribution in [2.45, 2.75) is 84.2 Å². The van der Waals surface area contributed by atoms with Crippen molar-refractivity contribution in [3.63, 3.8) is 0 Å². The molecule has 2 aliphatic carbocycles. The van der Waals surface area contributed by atoms with Gasteiger partial charge in [-0.2, -0.15) is 13.2 Å². The van der Waals surface area contributed by atoms with E-state index in [1.54, 1.807) is 12.1 Å². The second-order valence-electron chi connectivity index (χ2n) is 9.17. The Bertz CT molecular complexity index is 625. The minimum atomic E-state index is -4.26. The van der Waals surface area contributed by atoms with Crippen molar-refractivity contribution in [3.05, 3.63) is 41.5 Å². The molecule has 28 heavy (non-hydrogen) atoms. The van der Waals surface area contributed by atoms with Crippen molar-refractivity contribution in [2.24, 2.45) is 23.7 Å². The van der Waals surface area contributed by atoms with Crippen molar-refractivity contribution < 1.29 is 13.2 Å². The smallest absolute Gasteiger partial charge is 0.166 e. The van der Waals surface area contributed by atoms with Crippen molar-refractivity contribution >= 4 is 5.57 Å². The molecule has 3 heteroatoms. The minimum Gasteiger partial charge on any atom is -0.166 e. The van der Waals surface area contributed by atoms with Gasteiger partial charge in [0.05, 0.1) is 5.56 Å². The summed E-state index contributed by atoms with van der Waals surface area (Å²) in [5.41, 5.74) is 1.44. The molecular formula is C25H35F3. The average Bonchev–Trinajstić information content (AvgIpc) is 2.69. The molecule has 0 unspecified atom stereocenters. The van der Waals surface area contributed by atoms with Crippen LogP contribution in [0.15, 0.2) is 30.3 Å². The third-order valence-corrected chi connectivity index (χ3v) is 7.22. The Balaban J connectivity index is 1.49. The van der Waals surface area contributed by atoms with Gasteiger partial charge in [-0.3, -0.25) is 0 Å². The van der Waals surface area contributed by atoms with Gasteiger partial charge in [-0.25, -0.2) is 0 Å². The van der Waals surface area contributed by atoms with Crippen molar-refractivity contribution in [1.29, 1.82) is 0 Å². The molecule has 2 saturated carbocycles. The first kappa shape index (κ1) is 21.5. The molecule has 0 nitrogen and oxygen atoms in total. The molecule has 1 aromatic rings. The van der Waals surface area contributed by atoms with Gasteiger partial charge >= 0.3 is 6.18 Å². The van der Waals surface area contributed by atoms with Gasteiger partial charge in [0.25, 0.3) is 0 Å². The van der Waals surface area contributed by atoms with E-state index in [1.807, 2.05) is 6.92 Å². The lowest BCUT2D eigenvalue weighted by molar-refractivity contribution is -0.137. The quantitative estimate of drug-likeness (QED) is 0.471. The third-order valence-electron chi connectivity index (χ3n) is 7.22. The Morgan fingerprint density at radius 3 is 1.93 bits per heavy atom. The maximum Gasteiger partial charge on any atom is 0.416 e. The Morgan fingerprint density at radius 1 is 0.893 bits per heavy atom. The fraction of sp³-hybridized carbons (Fsp3) is 0.680. The second-order valence-corrected chi connectivity index (χ2v) is 9.17. The molecule has 0 N–H and O–H groups in total. The molecule has 1 aromatic carbocycles. The normalized spacial score (nSPS) is 29.7. The van der Waals surface area contributed by atoms with Gasteiger partial charge in [0.1, 0.15) is 0 Å². The molecule has 0 aromatic heterocycles. The lowest BCUT2D eigenvalue weighted by Crippen LogP contribution is -2.25. The average molecular weight is 393 g/mol. The van der Waals surface area contributed by atoms with Gasteiger partial charge in [-0.15, -0.1) is 0 Å². The largest absolute Gasteiger partial charge is 0.416 e. The fourth-order valence-electron chi connectivity index (χ4n) is 5.51. The third kappa shape index (κ3) is 5.64. The Kier molecular flexibility index (Phi) is 7.28. The van der Waals surface area contributed by atoms with E-state index in [0.29, 0.717) is 5.92 Å². The van der Waals surface area contributed by atoms with Crippen LogP contribution in [0, 0.1) is 23.7 Å². The SMILES string of the molecule is CCCC1CCC(C2CCC(/C=C(\C)c3ccc(C(F)(F)F)cc3)CC2)CC1. The fourth-order valence-corrected chi connectivity index (χ4v) is 5.51. The molecule has 2 aliphatic rings. The zero-order valence-corrected chi connectivity index (χ0v) is 17.4. The highest BCUT2D eigenvalue weighted by atomic mass is 19.4. The van der Waals surface area contributed by atoms with E-state index in [1.165, 1.54) is 76.3 Å². The Hall–Kier alpha value is -1.25. The zero-order valence-electron chi connectivity index (χ0n) is 17.4. The summed E-state index contributed by atoms with van der Waals surface area (Å²) in [4.78, 5) is 0. The molecule has 3 rings (SSSR count). The van der Waals surface area contributed by atoms with Crippen molar-refractivity contribution in [2.75, 3.05) is 0 Å².